The normalized spacial score (nSPS) is 23.0. The van der Waals surface area contributed by atoms with Crippen LogP contribution in [0.25, 0.3) is 11.1 Å². The maximum absolute atomic E-state index is 12.9. The van der Waals surface area contributed by atoms with E-state index in [1.807, 2.05) is 0 Å². The summed E-state index contributed by atoms with van der Waals surface area (Å²) in [5.41, 5.74) is 1.02. The second-order valence-corrected chi connectivity index (χ2v) is 8.32. The summed E-state index contributed by atoms with van der Waals surface area (Å²) >= 11 is 0. The Balaban J connectivity index is 0.00000182. The van der Waals surface area contributed by atoms with Crippen LogP contribution in [0.2, 0.25) is 0 Å². The summed E-state index contributed by atoms with van der Waals surface area (Å²) in [5, 5.41) is 7.81. The monoisotopic (exact) mass is 387 g/mol. The number of halogens is 1. The zero-order chi connectivity index (χ0) is 16.7. The molecular formula is C15H22ClN5O3S. The molecule has 0 bridgehead atoms. The van der Waals surface area contributed by atoms with Crippen molar-refractivity contribution in [1.29, 1.82) is 0 Å². The van der Waals surface area contributed by atoms with Crippen LogP contribution in [0.1, 0.15) is 12.1 Å². The number of fused-ring (bicyclic) bond motifs is 1. The largest absolute Gasteiger partial charge is 0.336 e. The second kappa shape index (κ2) is 7.16. The van der Waals surface area contributed by atoms with Crippen LogP contribution in [0.3, 0.4) is 0 Å². The molecule has 1 N–H and O–H groups in total. The maximum atomic E-state index is 12.9. The lowest BCUT2D eigenvalue weighted by molar-refractivity contribution is 0.179. The fourth-order valence-electron chi connectivity index (χ4n) is 3.49. The quantitative estimate of drug-likeness (QED) is 0.825. The average Bonchev–Trinajstić information content (AvgIpc) is 3.23. The number of hydrogen-bond acceptors (Lipinski definition) is 7. The van der Waals surface area contributed by atoms with E-state index in [0.717, 1.165) is 32.6 Å². The van der Waals surface area contributed by atoms with Crippen molar-refractivity contribution in [2.24, 2.45) is 0 Å². The highest BCUT2D eigenvalue weighted by Crippen LogP contribution is 2.26. The molecule has 10 heteroatoms. The van der Waals surface area contributed by atoms with Crippen molar-refractivity contribution in [2.75, 3.05) is 39.3 Å². The van der Waals surface area contributed by atoms with Crippen molar-refractivity contribution in [2.45, 2.75) is 24.3 Å². The number of piperazine rings is 1. The third-order valence-corrected chi connectivity index (χ3v) is 6.75. The number of aryl methyl sites for hydroxylation is 1. The van der Waals surface area contributed by atoms with Crippen LogP contribution in [0, 0.1) is 6.92 Å². The number of nitrogens with zero attached hydrogens (tertiary/aromatic N) is 4. The van der Waals surface area contributed by atoms with Gasteiger partial charge in [-0.25, -0.2) is 13.4 Å². The van der Waals surface area contributed by atoms with Gasteiger partial charge < -0.3 is 9.84 Å². The lowest BCUT2D eigenvalue weighted by Gasteiger charge is -2.32. The molecule has 8 nitrogen and oxygen atoms in total. The van der Waals surface area contributed by atoms with E-state index in [4.69, 9.17) is 4.52 Å². The van der Waals surface area contributed by atoms with Gasteiger partial charge in [0.15, 0.2) is 0 Å². The summed E-state index contributed by atoms with van der Waals surface area (Å²) in [6.07, 6.45) is 2.24. The fourth-order valence-corrected chi connectivity index (χ4v) is 4.96. The van der Waals surface area contributed by atoms with Gasteiger partial charge in [-0.1, -0.05) is 5.16 Å². The third-order valence-electron chi connectivity index (χ3n) is 4.92. The Morgan fingerprint density at radius 3 is 2.80 bits per heavy atom. The molecule has 138 valence electrons. The van der Waals surface area contributed by atoms with Gasteiger partial charge in [-0.15, -0.1) is 12.4 Å². The zero-order valence-corrected chi connectivity index (χ0v) is 15.6. The van der Waals surface area contributed by atoms with Crippen molar-refractivity contribution >= 4 is 33.5 Å². The average molecular weight is 388 g/mol. The first-order valence-corrected chi connectivity index (χ1v) is 9.66. The van der Waals surface area contributed by atoms with Crippen molar-refractivity contribution in [1.82, 2.24) is 24.7 Å². The smallest absolute Gasteiger partial charge is 0.257 e. The van der Waals surface area contributed by atoms with Gasteiger partial charge in [-0.05, 0) is 19.4 Å². The molecule has 2 fully saturated rings. The van der Waals surface area contributed by atoms with Gasteiger partial charge >= 0.3 is 0 Å². The van der Waals surface area contributed by atoms with Gasteiger partial charge in [0.1, 0.15) is 4.90 Å². The molecule has 0 radical (unpaired) electrons. The molecule has 0 aromatic carbocycles. The number of pyridine rings is 1. The predicted molar refractivity (Wildman–Crippen MR) is 95.4 cm³/mol. The minimum absolute atomic E-state index is 0. The lowest BCUT2D eigenvalue weighted by Crippen LogP contribution is -2.49. The highest BCUT2D eigenvalue weighted by Gasteiger charge is 2.35. The summed E-state index contributed by atoms with van der Waals surface area (Å²) in [7, 11) is -3.54. The third kappa shape index (κ3) is 3.39. The van der Waals surface area contributed by atoms with E-state index >= 15 is 0 Å². The Bertz CT molecular complexity index is 850. The maximum Gasteiger partial charge on any atom is 0.257 e. The minimum atomic E-state index is -3.54. The van der Waals surface area contributed by atoms with Gasteiger partial charge in [0.05, 0.1) is 17.3 Å². The molecule has 0 saturated carbocycles. The summed E-state index contributed by atoms with van der Waals surface area (Å²) in [6, 6.07) is 1.91. The Morgan fingerprint density at radius 2 is 2.04 bits per heavy atom. The minimum Gasteiger partial charge on any atom is -0.336 e. The highest BCUT2D eigenvalue weighted by molar-refractivity contribution is 7.89. The van der Waals surface area contributed by atoms with Crippen molar-refractivity contribution in [3.8, 4) is 0 Å². The van der Waals surface area contributed by atoms with Gasteiger partial charge in [-0.2, -0.15) is 4.31 Å². The van der Waals surface area contributed by atoms with Gasteiger partial charge in [-0.3, -0.25) is 4.90 Å². The number of sulfonamides is 1. The summed E-state index contributed by atoms with van der Waals surface area (Å²) in [4.78, 5) is 6.69. The second-order valence-electron chi connectivity index (χ2n) is 6.38. The molecule has 2 aliphatic rings. The van der Waals surface area contributed by atoms with E-state index in [2.05, 4.69) is 20.4 Å². The van der Waals surface area contributed by atoms with Crippen LogP contribution in [0.5, 0.6) is 0 Å². The van der Waals surface area contributed by atoms with E-state index < -0.39 is 10.0 Å². The van der Waals surface area contributed by atoms with Gasteiger partial charge in [0.2, 0.25) is 10.0 Å². The molecule has 4 rings (SSSR count). The van der Waals surface area contributed by atoms with Crippen molar-refractivity contribution in [3.05, 3.63) is 18.0 Å². The van der Waals surface area contributed by atoms with Crippen molar-refractivity contribution < 1.29 is 12.9 Å². The first kappa shape index (κ1) is 18.5. The van der Waals surface area contributed by atoms with E-state index in [1.54, 1.807) is 17.3 Å². The molecule has 2 aromatic rings. The molecule has 1 atom stereocenters. The Labute approximate surface area is 153 Å². The molecule has 2 aliphatic heterocycles. The molecule has 4 heterocycles. The topological polar surface area (TPSA) is 91.6 Å². The molecule has 0 amide bonds. The van der Waals surface area contributed by atoms with Crippen LogP contribution < -0.4 is 5.32 Å². The summed E-state index contributed by atoms with van der Waals surface area (Å²) < 4.78 is 32.5. The van der Waals surface area contributed by atoms with Crippen LogP contribution in [0.15, 0.2) is 21.7 Å². The SMILES string of the molecule is Cc1noc2ncc(S(=O)(=O)N3CCC(N4CCNCC4)C3)cc12.Cl. The Morgan fingerprint density at radius 1 is 1.28 bits per heavy atom. The number of hydrogen-bond donors (Lipinski definition) is 1. The summed E-state index contributed by atoms with van der Waals surface area (Å²) in [5.74, 6) is 0. The molecule has 0 spiro atoms. The van der Waals surface area contributed by atoms with Crippen LogP contribution >= 0.6 is 12.4 Å². The molecule has 2 saturated heterocycles. The molecule has 1 unspecified atom stereocenters. The number of nitrogens with one attached hydrogen (secondary N) is 1. The Hall–Kier alpha value is -1.26. The van der Waals surface area contributed by atoms with E-state index in [0.29, 0.717) is 35.9 Å². The van der Waals surface area contributed by atoms with E-state index in [1.165, 1.54) is 6.20 Å². The molecular weight excluding hydrogens is 366 g/mol. The Kier molecular flexibility index (Phi) is 5.31. The highest BCUT2D eigenvalue weighted by atomic mass is 35.5. The number of rotatable bonds is 3. The van der Waals surface area contributed by atoms with E-state index in [-0.39, 0.29) is 17.3 Å². The number of aromatic nitrogens is 2. The van der Waals surface area contributed by atoms with Gasteiger partial charge in [0.25, 0.3) is 5.71 Å². The van der Waals surface area contributed by atoms with Gasteiger partial charge in [0, 0.05) is 45.3 Å². The van der Waals surface area contributed by atoms with E-state index in [9.17, 15) is 8.42 Å². The predicted octanol–water partition coefficient (Wildman–Crippen LogP) is 0.621. The van der Waals surface area contributed by atoms with Crippen molar-refractivity contribution in [3.63, 3.8) is 0 Å². The molecule has 0 aliphatic carbocycles. The first-order valence-electron chi connectivity index (χ1n) is 8.22. The first-order chi connectivity index (χ1) is 11.6. The van der Waals surface area contributed by atoms with Crippen LogP contribution in [-0.4, -0.2) is 73.1 Å². The fraction of sp³-hybridized carbons (Fsp3) is 0.600. The van der Waals surface area contributed by atoms with Crippen LogP contribution in [-0.2, 0) is 10.0 Å². The van der Waals surface area contributed by atoms with Crippen LogP contribution in [0.4, 0.5) is 0 Å². The lowest BCUT2D eigenvalue weighted by atomic mass is 10.2. The standard InChI is InChI=1S/C15H21N5O3S.ClH/c1-11-14-8-13(9-17-15(14)23-18-11)24(21,22)20-5-2-12(10-20)19-6-3-16-4-7-19;/h8-9,12,16H,2-7,10H2,1H3;1H. The zero-order valence-electron chi connectivity index (χ0n) is 14.0. The molecule has 2 aromatic heterocycles. The summed E-state index contributed by atoms with van der Waals surface area (Å²) in [6.45, 7) is 6.77. The molecule has 25 heavy (non-hydrogen) atoms.